The smallest absolute Gasteiger partial charge is 0.220 e. The van der Waals surface area contributed by atoms with E-state index < -0.39 is 0 Å². The van der Waals surface area contributed by atoms with E-state index >= 15 is 0 Å². The van der Waals surface area contributed by atoms with Crippen molar-refractivity contribution in [3.05, 3.63) is 29.8 Å². The average molecular weight is 262 g/mol. The van der Waals surface area contributed by atoms with Crippen LogP contribution in [-0.4, -0.2) is 36.5 Å². The molecule has 1 saturated heterocycles. The molecule has 19 heavy (non-hydrogen) atoms. The van der Waals surface area contributed by atoms with E-state index in [1.54, 1.807) is 6.92 Å². The average Bonchev–Trinajstić information content (AvgIpc) is 2.39. The van der Waals surface area contributed by atoms with Crippen LogP contribution in [-0.2, 0) is 4.79 Å². The summed E-state index contributed by atoms with van der Waals surface area (Å²) < 4.78 is 5.63. The number of nitrogens with one attached hydrogen (secondary N) is 1. The zero-order valence-corrected chi connectivity index (χ0v) is 11.8. The summed E-state index contributed by atoms with van der Waals surface area (Å²) in [6, 6.07) is 8.17. The summed E-state index contributed by atoms with van der Waals surface area (Å²) in [7, 11) is 0. The fraction of sp³-hybridized carbons (Fsp3) is 0.533. The van der Waals surface area contributed by atoms with Crippen molar-refractivity contribution < 1.29 is 9.53 Å². The van der Waals surface area contributed by atoms with Crippen LogP contribution in [0, 0.1) is 0 Å². The second-order valence-corrected chi connectivity index (χ2v) is 5.17. The van der Waals surface area contributed by atoms with E-state index in [1.165, 1.54) is 0 Å². The van der Waals surface area contributed by atoms with Crippen LogP contribution in [0.4, 0.5) is 0 Å². The van der Waals surface area contributed by atoms with Gasteiger partial charge < -0.3 is 15.0 Å². The highest BCUT2D eigenvalue weighted by atomic mass is 16.5. The SMILES string of the molecule is CC(=O)N1CCNCC1c1ccc(OC(C)C)cc1. The molecule has 1 atom stereocenters. The molecule has 1 aliphatic rings. The molecular weight excluding hydrogens is 240 g/mol. The van der Waals surface area contributed by atoms with E-state index in [-0.39, 0.29) is 18.1 Å². The van der Waals surface area contributed by atoms with Gasteiger partial charge in [0.25, 0.3) is 0 Å². The van der Waals surface area contributed by atoms with Crippen molar-refractivity contribution in [2.24, 2.45) is 0 Å². The molecule has 1 N–H and O–H groups in total. The van der Waals surface area contributed by atoms with Crippen LogP contribution in [0.25, 0.3) is 0 Å². The van der Waals surface area contributed by atoms with Gasteiger partial charge in [-0.15, -0.1) is 0 Å². The Hall–Kier alpha value is -1.55. The van der Waals surface area contributed by atoms with Crippen LogP contribution in [0.1, 0.15) is 32.4 Å². The van der Waals surface area contributed by atoms with Crippen molar-refractivity contribution in [3.8, 4) is 5.75 Å². The molecule has 2 rings (SSSR count). The molecule has 0 bridgehead atoms. The van der Waals surface area contributed by atoms with Crippen LogP contribution < -0.4 is 10.1 Å². The fourth-order valence-electron chi connectivity index (χ4n) is 2.42. The number of piperazine rings is 1. The Kier molecular flexibility index (Phi) is 4.43. The number of benzene rings is 1. The molecule has 1 fully saturated rings. The lowest BCUT2D eigenvalue weighted by Gasteiger charge is -2.36. The maximum absolute atomic E-state index is 11.7. The number of hydrogen-bond acceptors (Lipinski definition) is 3. The number of nitrogens with zero attached hydrogens (tertiary/aromatic N) is 1. The van der Waals surface area contributed by atoms with Crippen molar-refractivity contribution in [1.29, 1.82) is 0 Å². The van der Waals surface area contributed by atoms with Crippen molar-refractivity contribution >= 4 is 5.91 Å². The lowest BCUT2D eigenvalue weighted by molar-refractivity contribution is -0.132. The molecule has 1 aromatic carbocycles. The number of amides is 1. The summed E-state index contributed by atoms with van der Waals surface area (Å²) in [6.45, 7) is 8.10. The Morgan fingerprint density at radius 3 is 2.63 bits per heavy atom. The number of hydrogen-bond donors (Lipinski definition) is 1. The zero-order chi connectivity index (χ0) is 13.8. The number of rotatable bonds is 3. The first-order valence-electron chi connectivity index (χ1n) is 6.82. The third-order valence-corrected chi connectivity index (χ3v) is 3.28. The Labute approximate surface area is 114 Å². The Morgan fingerprint density at radius 1 is 1.37 bits per heavy atom. The molecule has 1 heterocycles. The van der Waals surface area contributed by atoms with E-state index in [0.717, 1.165) is 30.9 Å². The molecule has 1 aromatic rings. The molecule has 4 nitrogen and oxygen atoms in total. The highest BCUT2D eigenvalue weighted by molar-refractivity contribution is 5.74. The Balaban J connectivity index is 2.13. The summed E-state index contributed by atoms with van der Waals surface area (Å²) in [5.41, 5.74) is 1.15. The molecule has 1 aliphatic heterocycles. The van der Waals surface area contributed by atoms with Gasteiger partial charge in [-0.1, -0.05) is 12.1 Å². The van der Waals surface area contributed by atoms with Crippen LogP contribution >= 0.6 is 0 Å². The molecule has 0 spiro atoms. The van der Waals surface area contributed by atoms with E-state index in [2.05, 4.69) is 5.32 Å². The number of ether oxygens (including phenoxy) is 1. The topological polar surface area (TPSA) is 41.6 Å². The van der Waals surface area contributed by atoms with Gasteiger partial charge in [-0.3, -0.25) is 4.79 Å². The minimum Gasteiger partial charge on any atom is -0.491 e. The molecular formula is C15H22N2O2. The van der Waals surface area contributed by atoms with Gasteiger partial charge in [-0.05, 0) is 31.5 Å². The van der Waals surface area contributed by atoms with Crippen LogP contribution in [0.15, 0.2) is 24.3 Å². The molecule has 104 valence electrons. The van der Waals surface area contributed by atoms with Gasteiger partial charge in [0.15, 0.2) is 0 Å². The molecule has 1 unspecified atom stereocenters. The minimum absolute atomic E-state index is 0.124. The van der Waals surface area contributed by atoms with Crippen LogP contribution in [0.3, 0.4) is 0 Å². The lowest BCUT2D eigenvalue weighted by atomic mass is 10.0. The molecule has 4 heteroatoms. The van der Waals surface area contributed by atoms with Gasteiger partial charge in [0, 0.05) is 26.6 Å². The molecule has 0 aliphatic carbocycles. The second-order valence-electron chi connectivity index (χ2n) is 5.17. The maximum Gasteiger partial charge on any atom is 0.220 e. The van der Waals surface area contributed by atoms with E-state index in [9.17, 15) is 4.79 Å². The first kappa shape index (κ1) is 13.9. The predicted octanol–water partition coefficient (Wildman–Crippen LogP) is 1.97. The fourth-order valence-corrected chi connectivity index (χ4v) is 2.42. The normalized spacial score (nSPS) is 19.6. The summed E-state index contributed by atoms with van der Waals surface area (Å²) >= 11 is 0. The van der Waals surface area contributed by atoms with Gasteiger partial charge in [0.05, 0.1) is 12.1 Å². The highest BCUT2D eigenvalue weighted by Gasteiger charge is 2.25. The van der Waals surface area contributed by atoms with Crippen molar-refractivity contribution in [3.63, 3.8) is 0 Å². The largest absolute Gasteiger partial charge is 0.491 e. The van der Waals surface area contributed by atoms with E-state index in [1.807, 2.05) is 43.0 Å². The number of carbonyl (C=O) groups is 1. The van der Waals surface area contributed by atoms with E-state index in [4.69, 9.17) is 4.74 Å². The second kappa shape index (κ2) is 6.06. The minimum atomic E-state index is 0.124. The molecule has 1 amide bonds. The monoisotopic (exact) mass is 262 g/mol. The zero-order valence-electron chi connectivity index (χ0n) is 11.8. The van der Waals surface area contributed by atoms with Crippen molar-refractivity contribution in [2.75, 3.05) is 19.6 Å². The van der Waals surface area contributed by atoms with Crippen LogP contribution in [0.5, 0.6) is 5.75 Å². The Morgan fingerprint density at radius 2 is 2.05 bits per heavy atom. The van der Waals surface area contributed by atoms with Gasteiger partial charge in [0.1, 0.15) is 5.75 Å². The lowest BCUT2D eigenvalue weighted by Crippen LogP contribution is -2.47. The Bertz CT molecular complexity index is 428. The first-order chi connectivity index (χ1) is 9.08. The molecule has 0 aromatic heterocycles. The summed E-state index contributed by atoms with van der Waals surface area (Å²) in [6.07, 6.45) is 0.177. The van der Waals surface area contributed by atoms with Crippen molar-refractivity contribution in [2.45, 2.75) is 32.9 Å². The molecule has 0 saturated carbocycles. The quantitative estimate of drug-likeness (QED) is 0.905. The predicted molar refractivity (Wildman–Crippen MR) is 75.2 cm³/mol. The van der Waals surface area contributed by atoms with Crippen LogP contribution in [0.2, 0.25) is 0 Å². The standard InChI is InChI=1S/C15H22N2O2/c1-11(2)19-14-6-4-13(5-7-14)15-10-16-8-9-17(15)12(3)18/h4-7,11,15-16H,8-10H2,1-3H3. The summed E-state index contributed by atoms with van der Waals surface area (Å²) in [5, 5.41) is 3.34. The summed E-state index contributed by atoms with van der Waals surface area (Å²) in [5.74, 6) is 1.01. The molecule has 0 radical (unpaired) electrons. The van der Waals surface area contributed by atoms with Gasteiger partial charge >= 0.3 is 0 Å². The summed E-state index contributed by atoms with van der Waals surface area (Å²) in [4.78, 5) is 13.6. The third-order valence-electron chi connectivity index (χ3n) is 3.28. The first-order valence-corrected chi connectivity index (χ1v) is 6.82. The maximum atomic E-state index is 11.7. The van der Waals surface area contributed by atoms with E-state index in [0.29, 0.717) is 0 Å². The van der Waals surface area contributed by atoms with Crippen molar-refractivity contribution in [1.82, 2.24) is 10.2 Å². The van der Waals surface area contributed by atoms with Gasteiger partial charge in [-0.2, -0.15) is 0 Å². The van der Waals surface area contributed by atoms with Gasteiger partial charge in [0.2, 0.25) is 5.91 Å². The highest BCUT2D eigenvalue weighted by Crippen LogP contribution is 2.24. The third kappa shape index (κ3) is 3.47. The number of carbonyl (C=O) groups excluding carboxylic acids is 1. The van der Waals surface area contributed by atoms with Gasteiger partial charge in [-0.25, -0.2) is 0 Å².